The molecule has 0 atom stereocenters. The second kappa shape index (κ2) is 7.83. The van der Waals surface area contributed by atoms with Crippen molar-refractivity contribution in [3.8, 4) is 11.5 Å². The summed E-state index contributed by atoms with van der Waals surface area (Å²) in [5.41, 5.74) is 1.98. The number of carbonyl (C=O) groups excluding carboxylic acids is 1. The SMILES string of the molecule is Cc1ccsc1CNC(=O)CSc1nnc(-c2ccc(Cl)cc2)o1. The van der Waals surface area contributed by atoms with Crippen LogP contribution in [0.25, 0.3) is 11.5 Å². The van der Waals surface area contributed by atoms with Gasteiger partial charge in [-0.3, -0.25) is 4.79 Å². The fraction of sp³-hybridized carbons (Fsp3) is 0.188. The van der Waals surface area contributed by atoms with Crippen LogP contribution in [0.2, 0.25) is 5.02 Å². The van der Waals surface area contributed by atoms with Crippen LogP contribution in [0.5, 0.6) is 0 Å². The number of halogens is 1. The summed E-state index contributed by atoms with van der Waals surface area (Å²) < 4.78 is 5.55. The first-order valence-corrected chi connectivity index (χ1v) is 9.38. The molecule has 0 aliphatic rings. The van der Waals surface area contributed by atoms with Crippen molar-refractivity contribution in [2.45, 2.75) is 18.7 Å². The van der Waals surface area contributed by atoms with Gasteiger partial charge in [0.1, 0.15) is 0 Å². The van der Waals surface area contributed by atoms with Crippen molar-refractivity contribution >= 4 is 40.6 Å². The van der Waals surface area contributed by atoms with E-state index in [9.17, 15) is 4.79 Å². The summed E-state index contributed by atoms with van der Waals surface area (Å²) in [6.45, 7) is 2.58. The smallest absolute Gasteiger partial charge is 0.277 e. The van der Waals surface area contributed by atoms with Gasteiger partial charge in [0, 0.05) is 15.5 Å². The first-order valence-electron chi connectivity index (χ1n) is 7.14. The summed E-state index contributed by atoms with van der Waals surface area (Å²) in [5.74, 6) is 0.565. The Hall–Kier alpha value is -1.83. The number of nitrogens with one attached hydrogen (secondary N) is 1. The Bertz CT molecular complexity index is 830. The molecule has 1 amide bonds. The molecule has 0 saturated heterocycles. The average Bonchev–Trinajstić information content (AvgIpc) is 3.21. The predicted molar refractivity (Wildman–Crippen MR) is 96.4 cm³/mol. The number of aromatic nitrogens is 2. The number of hydrogen-bond acceptors (Lipinski definition) is 6. The molecule has 5 nitrogen and oxygen atoms in total. The van der Waals surface area contributed by atoms with Crippen molar-refractivity contribution < 1.29 is 9.21 Å². The van der Waals surface area contributed by atoms with E-state index in [0.29, 0.717) is 22.7 Å². The lowest BCUT2D eigenvalue weighted by atomic mass is 10.2. The number of benzene rings is 1. The van der Waals surface area contributed by atoms with Gasteiger partial charge < -0.3 is 9.73 Å². The molecule has 0 aliphatic carbocycles. The van der Waals surface area contributed by atoms with Gasteiger partial charge in [-0.2, -0.15) is 0 Å². The minimum absolute atomic E-state index is 0.0703. The third-order valence-corrected chi connectivity index (χ3v) is 5.33. The Balaban J connectivity index is 1.51. The Morgan fingerprint density at radius 1 is 1.29 bits per heavy atom. The van der Waals surface area contributed by atoms with Gasteiger partial charge in [-0.25, -0.2) is 0 Å². The molecule has 0 bridgehead atoms. The minimum Gasteiger partial charge on any atom is -0.411 e. The van der Waals surface area contributed by atoms with Gasteiger partial charge in [-0.05, 0) is 48.2 Å². The molecule has 0 spiro atoms. The second-order valence-corrected chi connectivity index (χ2v) is 7.34. The third kappa shape index (κ3) is 4.37. The number of carbonyl (C=O) groups is 1. The molecule has 0 fully saturated rings. The van der Waals surface area contributed by atoms with Crippen LogP contribution < -0.4 is 5.32 Å². The van der Waals surface area contributed by atoms with E-state index in [-0.39, 0.29) is 11.7 Å². The number of amides is 1. The third-order valence-electron chi connectivity index (χ3n) is 3.24. The number of rotatable bonds is 6. The largest absolute Gasteiger partial charge is 0.411 e. The monoisotopic (exact) mass is 379 g/mol. The van der Waals surface area contributed by atoms with Gasteiger partial charge in [0.25, 0.3) is 5.22 Å². The molecule has 0 saturated carbocycles. The van der Waals surface area contributed by atoms with Crippen molar-refractivity contribution in [3.05, 3.63) is 51.2 Å². The molecular weight excluding hydrogens is 366 g/mol. The first kappa shape index (κ1) is 17.0. The molecule has 2 heterocycles. The Morgan fingerprint density at radius 3 is 2.79 bits per heavy atom. The second-order valence-electron chi connectivity index (χ2n) is 4.97. The molecule has 124 valence electrons. The van der Waals surface area contributed by atoms with E-state index in [1.165, 1.54) is 17.3 Å². The minimum atomic E-state index is -0.0703. The van der Waals surface area contributed by atoms with Crippen LogP contribution in [0.1, 0.15) is 10.4 Å². The highest BCUT2D eigenvalue weighted by Gasteiger charge is 2.11. The van der Waals surface area contributed by atoms with E-state index < -0.39 is 0 Å². The summed E-state index contributed by atoms with van der Waals surface area (Å²) in [4.78, 5) is 13.1. The number of thioether (sulfide) groups is 1. The Labute approximate surface area is 152 Å². The summed E-state index contributed by atoms with van der Waals surface area (Å²) >= 11 is 8.70. The van der Waals surface area contributed by atoms with E-state index in [4.69, 9.17) is 16.0 Å². The Morgan fingerprint density at radius 2 is 2.08 bits per heavy atom. The predicted octanol–water partition coefficient (Wildman–Crippen LogP) is 4.17. The molecule has 0 unspecified atom stereocenters. The van der Waals surface area contributed by atoms with Crippen LogP contribution in [0, 0.1) is 6.92 Å². The number of aryl methyl sites for hydroxylation is 1. The topological polar surface area (TPSA) is 68.0 Å². The van der Waals surface area contributed by atoms with Gasteiger partial charge in [-0.1, -0.05) is 23.4 Å². The maximum atomic E-state index is 11.9. The maximum Gasteiger partial charge on any atom is 0.277 e. The van der Waals surface area contributed by atoms with E-state index >= 15 is 0 Å². The van der Waals surface area contributed by atoms with E-state index in [1.807, 2.05) is 18.4 Å². The van der Waals surface area contributed by atoms with Gasteiger partial charge >= 0.3 is 0 Å². The molecule has 1 aromatic carbocycles. The van der Waals surface area contributed by atoms with E-state index in [0.717, 1.165) is 10.4 Å². The van der Waals surface area contributed by atoms with Gasteiger partial charge in [0.2, 0.25) is 11.8 Å². The average molecular weight is 380 g/mol. The van der Waals surface area contributed by atoms with Gasteiger partial charge in [0.15, 0.2) is 0 Å². The van der Waals surface area contributed by atoms with Crippen LogP contribution in [0.4, 0.5) is 0 Å². The summed E-state index contributed by atoms with van der Waals surface area (Å²) in [6.07, 6.45) is 0. The first-order chi connectivity index (χ1) is 11.6. The molecule has 8 heteroatoms. The van der Waals surface area contributed by atoms with Crippen LogP contribution in [-0.2, 0) is 11.3 Å². The lowest BCUT2D eigenvalue weighted by molar-refractivity contribution is -0.118. The molecule has 0 aliphatic heterocycles. The summed E-state index contributed by atoms with van der Waals surface area (Å²) in [6, 6.07) is 9.17. The summed E-state index contributed by atoms with van der Waals surface area (Å²) in [7, 11) is 0. The molecular formula is C16H14ClN3O2S2. The maximum absolute atomic E-state index is 11.9. The molecule has 24 heavy (non-hydrogen) atoms. The highest BCUT2D eigenvalue weighted by molar-refractivity contribution is 7.99. The highest BCUT2D eigenvalue weighted by Crippen LogP contribution is 2.24. The zero-order chi connectivity index (χ0) is 16.9. The summed E-state index contributed by atoms with van der Waals surface area (Å²) in [5, 5.41) is 13.8. The van der Waals surface area contributed by atoms with Crippen LogP contribution >= 0.6 is 34.7 Å². The van der Waals surface area contributed by atoms with Crippen molar-refractivity contribution in [1.82, 2.24) is 15.5 Å². The van der Waals surface area contributed by atoms with Crippen LogP contribution in [0.15, 0.2) is 45.4 Å². The van der Waals surface area contributed by atoms with Crippen molar-refractivity contribution in [3.63, 3.8) is 0 Å². The van der Waals surface area contributed by atoms with Crippen LogP contribution in [0.3, 0.4) is 0 Å². The quantitative estimate of drug-likeness (QED) is 0.651. The normalized spacial score (nSPS) is 10.8. The Kier molecular flexibility index (Phi) is 5.55. The fourth-order valence-electron chi connectivity index (χ4n) is 1.92. The standard InChI is InChI=1S/C16H14ClN3O2S2/c1-10-6-7-23-13(10)8-18-14(21)9-24-16-20-19-15(22-16)11-2-4-12(17)5-3-11/h2-7H,8-9H2,1H3,(H,18,21). The number of hydrogen-bond donors (Lipinski definition) is 1. The van der Waals surface area contributed by atoms with E-state index in [2.05, 4.69) is 15.5 Å². The zero-order valence-corrected chi connectivity index (χ0v) is 15.2. The lowest BCUT2D eigenvalue weighted by Crippen LogP contribution is -2.24. The molecule has 3 rings (SSSR count). The van der Waals surface area contributed by atoms with Crippen molar-refractivity contribution in [1.29, 1.82) is 0 Å². The lowest BCUT2D eigenvalue weighted by Gasteiger charge is -2.03. The van der Waals surface area contributed by atoms with E-state index in [1.54, 1.807) is 35.6 Å². The zero-order valence-electron chi connectivity index (χ0n) is 12.8. The van der Waals surface area contributed by atoms with Crippen molar-refractivity contribution in [2.24, 2.45) is 0 Å². The van der Waals surface area contributed by atoms with Crippen molar-refractivity contribution in [2.75, 3.05) is 5.75 Å². The molecule has 1 N–H and O–H groups in total. The fourth-order valence-corrected chi connectivity index (χ4v) is 3.48. The molecule has 3 aromatic rings. The van der Waals surface area contributed by atoms with Crippen LogP contribution in [-0.4, -0.2) is 21.9 Å². The van der Waals surface area contributed by atoms with Gasteiger partial charge in [0.05, 0.1) is 12.3 Å². The number of nitrogens with zero attached hydrogens (tertiary/aromatic N) is 2. The molecule has 2 aromatic heterocycles. The van der Waals surface area contributed by atoms with Gasteiger partial charge in [-0.15, -0.1) is 21.5 Å². The number of thiophene rings is 1. The highest BCUT2D eigenvalue weighted by atomic mass is 35.5. The molecule has 0 radical (unpaired) electrons.